The second-order valence-corrected chi connectivity index (χ2v) is 10.2. The van der Waals surface area contributed by atoms with Crippen LogP contribution in [0.3, 0.4) is 0 Å². The van der Waals surface area contributed by atoms with Crippen molar-refractivity contribution in [3.63, 3.8) is 0 Å². The third kappa shape index (κ3) is 5.96. The van der Waals surface area contributed by atoms with E-state index >= 15 is 0 Å². The number of amides is 2. The van der Waals surface area contributed by atoms with Crippen molar-refractivity contribution in [2.75, 3.05) is 23.9 Å². The third-order valence-electron chi connectivity index (χ3n) is 4.95. The Kier molecular flexibility index (Phi) is 8.43. The molecule has 1 saturated heterocycles. The van der Waals surface area contributed by atoms with E-state index in [1.807, 2.05) is 0 Å². The number of hydrogen-bond donors (Lipinski definition) is 1. The third-order valence-corrected chi connectivity index (χ3v) is 7.32. The lowest BCUT2D eigenvalue weighted by atomic mass is 10.2. The molecule has 0 saturated carbocycles. The lowest BCUT2D eigenvalue weighted by Crippen LogP contribution is -2.27. The van der Waals surface area contributed by atoms with E-state index in [4.69, 9.17) is 56.5 Å². The number of ether oxygens (including phenoxy) is 2. The van der Waals surface area contributed by atoms with E-state index in [1.54, 1.807) is 66.7 Å². The number of carbonyl (C=O) groups is 2. The summed E-state index contributed by atoms with van der Waals surface area (Å²) in [5.41, 5.74) is 1.72. The molecule has 2 amide bonds. The lowest BCUT2D eigenvalue weighted by molar-refractivity contribution is -0.118. The van der Waals surface area contributed by atoms with E-state index < -0.39 is 0 Å². The van der Waals surface area contributed by atoms with Crippen LogP contribution in [0.4, 0.5) is 11.4 Å². The smallest absolute Gasteiger partial charge is 0.270 e. The number of nitrogens with one attached hydrogen (secondary N) is 1. The van der Waals surface area contributed by atoms with Crippen LogP contribution in [-0.2, 0) is 9.59 Å². The molecule has 0 bridgehead atoms. The normalized spacial score (nSPS) is 14.3. The van der Waals surface area contributed by atoms with E-state index in [2.05, 4.69) is 5.32 Å². The number of halogens is 3. The average Bonchev–Trinajstić information content (AvgIpc) is 3.13. The summed E-state index contributed by atoms with van der Waals surface area (Å²) in [4.78, 5) is 27.2. The van der Waals surface area contributed by atoms with Crippen LogP contribution in [0.2, 0.25) is 15.1 Å². The summed E-state index contributed by atoms with van der Waals surface area (Å²) in [6.45, 7) is -0.247. The van der Waals surface area contributed by atoms with E-state index in [1.165, 1.54) is 23.8 Å². The van der Waals surface area contributed by atoms with Gasteiger partial charge in [0.15, 0.2) is 22.4 Å². The summed E-state index contributed by atoms with van der Waals surface area (Å²) in [6.07, 6.45) is 1.70. The molecule has 0 aliphatic carbocycles. The lowest BCUT2D eigenvalue weighted by Gasteiger charge is -2.15. The molecule has 1 aliphatic heterocycles. The minimum absolute atomic E-state index is 0.247. The summed E-state index contributed by atoms with van der Waals surface area (Å²) >= 11 is 24.7. The molecule has 184 valence electrons. The van der Waals surface area contributed by atoms with Gasteiger partial charge in [-0.05, 0) is 54.1 Å². The Morgan fingerprint density at radius 1 is 1.03 bits per heavy atom. The van der Waals surface area contributed by atoms with Gasteiger partial charge in [0, 0.05) is 0 Å². The van der Waals surface area contributed by atoms with E-state index in [-0.39, 0.29) is 18.4 Å². The van der Waals surface area contributed by atoms with Gasteiger partial charge in [0.2, 0.25) is 0 Å². The maximum atomic E-state index is 13.1. The molecule has 0 atom stereocenters. The van der Waals surface area contributed by atoms with Gasteiger partial charge in [0.1, 0.15) is 0 Å². The number of hydrogen-bond acceptors (Lipinski definition) is 6. The highest BCUT2D eigenvalue weighted by Crippen LogP contribution is 2.38. The first-order chi connectivity index (χ1) is 17.3. The van der Waals surface area contributed by atoms with Gasteiger partial charge in [-0.1, -0.05) is 77.0 Å². The topological polar surface area (TPSA) is 67.9 Å². The van der Waals surface area contributed by atoms with Crippen molar-refractivity contribution < 1.29 is 19.1 Å². The molecule has 1 N–H and O–H groups in total. The van der Waals surface area contributed by atoms with Crippen LogP contribution >= 0.6 is 58.8 Å². The number of carbonyl (C=O) groups excluding carboxylic acids is 2. The second-order valence-electron chi connectivity index (χ2n) is 7.34. The summed E-state index contributed by atoms with van der Waals surface area (Å²) in [7, 11) is 1.49. The molecular weight excluding hydrogens is 563 g/mol. The summed E-state index contributed by atoms with van der Waals surface area (Å²) in [6, 6.07) is 16.9. The Morgan fingerprint density at radius 3 is 2.53 bits per heavy atom. The Morgan fingerprint density at radius 2 is 1.81 bits per heavy atom. The zero-order valence-corrected chi connectivity index (χ0v) is 22.5. The van der Waals surface area contributed by atoms with E-state index in [0.717, 1.165) is 0 Å². The van der Waals surface area contributed by atoms with Crippen LogP contribution in [0.25, 0.3) is 6.08 Å². The zero-order valence-electron chi connectivity index (χ0n) is 18.6. The SMILES string of the molecule is COc1cc(/C=C2\SC(=S)N(c3ccc(Cl)c(Cl)c3)C2=O)ccc1OCC(=O)Nc1ccccc1Cl. The second kappa shape index (κ2) is 11.5. The van der Waals surface area contributed by atoms with Crippen molar-refractivity contribution in [2.45, 2.75) is 0 Å². The maximum Gasteiger partial charge on any atom is 0.270 e. The van der Waals surface area contributed by atoms with Gasteiger partial charge in [0.25, 0.3) is 11.8 Å². The predicted octanol–water partition coefficient (Wildman–Crippen LogP) is 7.08. The number of benzene rings is 3. The van der Waals surface area contributed by atoms with Gasteiger partial charge in [-0.15, -0.1) is 0 Å². The molecule has 0 aromatic heterocycles. The van der Waals surface area contributed by atoms with Crippen molar-refractivity contribution in [3.8, 4) is 11.5 Å². The molecular formula is C25H17Cl3N2O4S2. The van der Waals surface area contributed by atoms with Crippen LogP contribution in [0.15, 0.2) is 65.6 Å². The molecule has 6 nitrogen and oxygen atoms in total. The number of rotatable bonds is 7. The largest absolute Gasteiger partial charge is 0.493 e. The molecule has 3 aromatic carbocycles. The predicted molar refractivity (Wildman–Crippen MR) is 151 cm³/mol. The van der Waals surface area contributed by atoms with Crippen LogP contribution < -0.4 is 19.7 Å². The van der Waals surface area contributed by atoms with Gasteiger partial charge in [-0.3, -0.25) is 14.5 Å². The quantitative estimate of drug-likeness (QED) is 0.238. The Balaban J connectivity index is 1.47. The molecule has 1 aliphatic rings. The first kappa shape index (κ1) is 26.3. The van der Waals surface area contributed by atoms with E-state index in [0.29, 0.717) is 52.7 Å². The number of thioether (sulfide) groups is 1. The maximum absolute atomic E-state index is 13.1. The first-order valence-electron chi connectivity index (χ1n) is 10.3. The van der Waals surface area contributed by atoms with Gasteiger partial charge in [-0.2, -0.15) is 0 Å². The summed E-state index contributed by atoms with van der Waals surface area (Å²) in [5.74, 6) is 0.112. The highest BCUT2D eigenvalue weighted by atomic mass is 35.5. The molecule has 1 fully saturated rings. The average molecular weight is 580 g/mol. The highest BCUT2D eigenvalue weighted by molar-refractivity contribution is 8.27. The van der Waals surface area contributed by atoms with Gasteiger partial charge < -0.3 is 14.8 Å². The van der Waals surface area contributed by atoms with Crippen molar-refractivity contribution in [1.82, 2.24) is 0 Å². The minimum Gasteiger partial charge on any atom is -0.493 e. The zero-order chi connectivity index (χ0) is 25.8. The van der Waals surface area contributed by atoms with Crippen molar-refractivity contribution >= 4 is 92.4 Å². The number of methoxy groups -OCH3 is 1. The fraction of sp³-hybridized carbons (Fsp3) is 0.0800. The molecule has 11 heteroatoms. The number of thiocarbonyl (C=S) groups is 1. The van der Waals surface area contributed by atoms with E-state index in [9.17, 15) is 9.59 Å². The monoisotopic (exact) mass is 578 g/mol. The Hall–Kier alpha value is -2.75. The fourth-order valence-electron chi connectivity index (χ4n) is 3.25. The fourth-order valence-corrected chi connectivity index (χ4v) is 5.03. The van der Waals surface area contributed by atoms with Crippen LogP contribution in [-0.4, -0.2) is 29.9 Å². The molecule has 4 rings (SSSR count). The number of anilines is 2. The Bertz CT molecular complexity index is 1400. The van der Waals surface area contributed by atoms with Crippen molar-refractivity contribution in [1.29, 1.82) is 0 Å². The molecule has 0 spiro atoms. The van der Waals surface area contributed by atoms with Crippen LogP contribution in [0, 0.1) is 0 Å². The highest BCUT2D eigenvalue weighted by Gasteiger charge is 2.33. The van der Waals surface area contributed by atoms with Crippen molar-refractivity contribution in [2.24, 2.45) is 0 Å². The van der Waals surface area contributed by atoms with Crippen molar-refractivity contribution in [3.05, 3.63) is 86.2 Å². The molecule has 3 aromatic rings. The van der Waals surface area contributed by atoms with Gasteiger partial charge >= 0.3 is 0 Å². The standard InChI is InChI=1S/C25H17Cl3N2O4S2/c1-33-21-10-14(6-9-20(21)34-13-23(31)29-19-5-3-2-4-17(19)27)11-22-24(32)30(25(35)36-22)15-7-8-16(26)18(28)12-15/h2-12H,13H2,1H3,(H,29,31)/b22-11-. The molecule has 36 heavy (non-hydrogen) atoms. The Labute approximate surface area is 232 Å². The molecule has 0 unspecified atom stereocenters. The van der Waals surface area contributed by atoms with Gasteiger partial charge in [0.05, 0.1) is 38.5 Å². The number of nitrogens with zero attached hydrogens (tertiary/aromatic N) is 1. The minimum atomic E-state index is -0.375. The first-order valence-corrected chi connectivity index (χ1v) is 12.7. The summed E-state index contributed by atoms with van der Waals surface area (Å²) < 4.78 is 11.4. The molecule has 1 heterocycles. The van der Waals surface area contributed by atoms with Crippen LogP contribution in [0.5, 0.6) is 11.5 Å². The number of para-hydroxylation sites is 1. The van der Waals surface area contributed by atoms with Gasteiger partial charge in [-0.25, -0.2) is 0 Å². The van der Waals surface area contributed by atoms with Crippen LogP contribution in [0.1, 0.15) is 5.56 Å². The molecule has 0 radical (unpaired) electrons. The summed E-state index contributed by atoms with van der Waals surface area (Å²) in [5, 5.41) is 3.83.